The average molecular weight is 350 g/mol. The highest BCUT2D eigenvalue weighted by atomic mass is 32.2. The molecule has 2 atom stereocenters. The van der Waals surface area contributed by atoms with Crippen molar-refractivity contribution in [3.63, 3.8) is 0 Å². The zero-order chi connectivity index (χ0) is 16.8. The first kappa shape index (κ1) is 17.6. The zero-order valence-corrected chi connectivity index (χ0v) is 15.0. The molecule has 2 aliphatic rings. The van der Waals surface area contributed by atoms with Crippen LogP contribution in [0.15, 0.2) is 29.2 Å². The molecule has 6 heteroatoms. The predicted octanol–water partition coefficient (Wildman–Crippen LogP) is 2.16. The quantitative estimate of drug-likeness (QED) is 0.797. The van der Waals surface area contributed by atoms with Crippen LogP contribution in [-0.4, -0.2) is 62.1 Å². The van der Waals surface area contributed by atoms with E-state index in [1.165, 1.54) is 31.0 Å². The summed E-state index contributed by atoms with van der Waals surface area (Å²) in [7, 11) is 1.65. The van der Waals surface area contributed by atoms with Gasteiger partial charge in [-0.3, -0.25) is 9.69 Å². The largest absolute Gasteiger partial charge is 0.497 e. The van der Waals surface area contributed by atoms with Crippen molar-refractivity contribution in [3.05, 3.63) is 24.3 Å². The van der Waals surface area contributed by atoms with E-state index in [-0.39, 0.29) is 11.9 Å². The third-order valence-electron chi connectivity index (χ3n) is 4.67. The predicted molar refractivity (Wildman–Crippen MR) is 95.7 cm³/mol. The highest BCUT2D eigenvalue weighted by Gasteiger charge is 2.34. The number of amides is 1. The zero-order valence-electron chi connectivity index (χ0n) is 14.2. The third kappa shape index (κ3) is 4.65. The van der Waals surface area contributed by atoms with Crippen LogP contribution in [0.3, 0.4) is 0 Å². The number of nitrogens with zero attached hydrogens (tertiary/aromatic N) is 1. The van der Waals surface area contributed by atoms with Gasteiger partial charge in [0.1, 0.15) is 5.75 Å². The number of hydrogen-bond donors (Lipinski definition) is 1. The molecule has 0 unspecified atom stereocenters. The monoisotopic (exact) mass is 350 g/mol. The normalized spacial score (nSPS) is 24.7. The molecule has 0 saturated carbocycles. The summed E-state index contributed by atoms with van der Waals surface area (Å²) in [4.78, 5) is 15.8. The number of methoxy groups -OCH3 is 1. The maximum Gasteiger partial charge on any atom is 0.230 e. The standard InChI is InChI=1S/C18H26N2O3S/c1-22-14-6-5-7-15(10-14)24-13-18(21)19-16-11-23-12-17(16)20-8-3-2-4-9-20/h5-7,10,16-17H,2-4,8-9,11-13H2,1H3,(H,19,21)/t16-,17-/m1/s1. The highest BCUT2D eigenvalue weighted by Crippen LogP contribution is 2.23. The summed E-state index contributed by atoms with van der Waals surface area (Å²) in [6.45, 7) is 3.60. The van der Waals surface area contributed by atoms with E-state index in [0.717, 1.165) is 30.3 Å². The first-order chi connectivity index (χ1) is 11.8. The lowest BCUT2D eigenvalue weighted by molar-refractivity contribution is -0.119. The Morgan fingerprint density at radius 2 is 2.17 bits per heavy atom. The maximum absolute atomic E-state index is 12.3. The fraction of sp³-hybridized carbons (Fsp3) is 0.611. The lowest BCUT2D eigenvalue weighted by Gasteiger charge is -2.34. The van der Waals surface area contributed by atoms with Crippen molar-refractivity contribution in [2.24, 2.45) is 0 Å². The van der Waals surface area contributed by atoms with Gasteiger partial charge < -0.3 is 14.8 Å². The van der Waals surface area contributed by atoms with Crippen molar-refractivity contribution in [3.8, 4) is 5.75 Å². The number of hydrogen-bond acceptors (Lipinski definition) is 5. The summed E-state index contributed by atoms with van der Waals surface area (Å²) in [6.07, 6.45) is 3.82. The van der Waals surface area contributed by atoms with Crippen LogP contribution in [0.5, 0.6) is 5.75 Å². The molecule has 24 heavy (non-hydrogen) atoms. The number of carbonyl (C=O) groups excluding carboxylic acids is 1. The van der Waals surface area contributed by atoms with Gasteiger partial charge in [0.05, 0.1) is 38.2 Å². The molecule has 1 amide bonds. The van der Waals surface area contributed by atoms with Gasteiger partial charge in [-0.05, 0) is 44.1 Å². The Hall–Kier alpha value is -1.24. The topological polar surface area (TPSA) is 50.8 Å². The number of nitrogens with one attached hydrogen (secondary N) is 1. The van der Waals surface area contributed by atoms with E-state index in [1.807, 2.05) is 24.3 Å². The minimum Gasteiger partial charge on any atom is -0.497 e. The second-order valence-corrected chi connectivity index (χ2v) is 7.39. The van der Waals surface area contributed by atoms with E-state index in [1.54, 1.807) is 7.11 Å². The van der Waals surface area contributed by atoms with Crippen LogP contribution in [0.25, 0.3) is 0 Å². The Kier molecular flexibility index (Phi) is 6.40. The number of benzene rings is 1. The molecule has 1 aromatic rings. The van der Waals surface area contributed by atoms with E-state index in [4.69, 9.17) is 9.47 Å². The van der Waals surface area contributed by atoms with Gasteiger partial charge in [0, 0.05) is 4.90 Å². The highest BCUT2D eigenvalue weighted by molar-refractivity contribution is 8.00. The van der Waals surface area contributed by atoms with Crippen molar-refractivity contribution in [1.29, 1.82) is 0 Å². The van der Waals surface area contributed by atoms with E-state index in [0.29, 0.717) is 18.4 Å². The fourth-order valence-electron chi connectivity index (χ4n) is 3.38. The molecule has 0 aromatic heterocycles. The van der Waals surface area contributed by atoms with Gasteiger partial charge in [0.15, 0.2) is 0 Å². The Morgan fingerprint density at radius 3 is 2.96 bits per heavy atom. The summed E-state index contributed by atoms with van der Waals surface area (Å²) in [5.41, 5.74) is 0. The summed E-state index contributed by atoms with van der Waals surface area (Å²) in [6, 6.07) is 8.24. The first-order valence-corrected chi connectivity index (χ1v) is 9.63. The molecular formula is C18H26N2O3S. The number of likely N-dealkylation sites (tertiary alicyclic amines) is 1. The Balaban J connectivity index is 1.48. The van der Waals surface area contributed by atoms with E-state index < -0.39 is 0 Å². The molecule has 0 radical (unpaired) electrons. The van der Waals surface area contributed by atoms with Crippen molar-refractivity contribution < 1.29 is 14.3 Å². The molecule has 2 heterocycles. The third-order valence-corrected chi connectivity index (χ3v) is 5.66. The maximum atomic E-state index is 12.3. The first-order valence-electron chi connectivity index (χ1n) is 8.64. The van der Waals surface area contributed by atoms with Crippen molar-refractivity contribution in [2.45, 2.75) is 36.2 Å². The summed E-state index contributed by atoms with van der Waals surface area (Å²) >= 11 is 1.53. The number of piperidine rings is 1. The van der Waals surface area contributed by atoms with Crippen molar-refractivity contribution >= 4 is 17.7 Å². The summed E-state index contributed by atoms with van der Waals surface area (Å²) < 4.78 is 10.9. The van der Waals surface area contributed by atoms with E-state index >= 15 is 0 Å². The van der Waals surface area contributed by atoms with E-state index in [2.05, 4.69) is 10.2 Å². The molecule has 2 saturated heterocycles. The van der Waals surface area contributed by atoms with Gasteiger partial charge in [0.2, 0.25) is 5.91 Å². The second kappa shape index (κ2) is 8.74. The smallest absolute Gasteiger partial charge is 0.230 e. The average Bonchev–Trinajstić information content (AvgIpc) is 3.09. The Labute approximate surface area is 148 Å². The van der Waals surface area contributed by atoms with Gasteiger partial charge in [0.25, 0.3) is 0 Å². The van der Waals surface area contributed by atoms with Crippen LogP contribution < -0.4 is 10.1 Å². The second-order valence-electron chi connectivity index (χ2n) is 6.34. The van der Waals surface area contributed by atoms with Crippen LogP contribution in [-0.2, 0) is 9.53 Å². The minimum absolute atomic E-state index is 0.0697. The molecule has 0 aliphatic carbocycles. The van der Waals surface area contributed by atoms with Crippen molar-refractivity contribution in [2.75, 3.05) is 39.2 Å². The fourth-order valence-corrected chi connectivity index (χ4v) is 4.13. The SMILES string of the molecule is COc1cccc(SCC(=O)N[C@@H]2COC[C@H]2N2CCCCC2)c1. The van der Waals surface area contributed by atoms with Gasteiger partial charge in [-0.1, -0.05) is 12.5 Å². The van der Waals surface area contributed by atoms with Crippen LogP contribution in [0, 0.1) is 0 Å². The van der Waals surface area contributed by atoms with Crippen LogP contribution in [0.1, 0.15) is 19.3 Å². The molecule has 3 rings (SSSR count). The Bertz CT molecular complexity index is 549. The molecule has 2 fully saturated rings. The lowest BCUT2D eigenvalue weighted by Crippen LogP contribution is -2.52. The molecule has 5 nitrogen and oxygen atoms in total. The number of rotatable bonds is 6. The Morgan fingerprint density at radius 1 is 1.33 bits per heavy atom. The number of ether oxygens (including phenoxy) is 2. The van der Waals surface area contributed by atoms with Crippen LogP contribution in [0.2, 0.25) is 0 Å². The molecule has 132 valence electrons. The molecular weight excluding hydrogens is 324 g/mol. The van der Waals surface area contributed by atoms with Gasteiger partial charge >= 0.3 is 0 Å². The van der Waals surface area contributed by atoms with Gasteiger partial charge in [-0.15, -0.1) is 11.8 Å². The minimum atomic E-state index is 0.0697. The molecule has 1 N–H and O–H groups in total. The number of carbonyl (C=O) groups is 1. The molecule has 0 bridgehead atoms. The lowest BCUT2D eigenvalue weighted by atomic mass is 10.1. The number of thioether (sulfide) groups is 1. The molecule has 1 aromatic carbocycles. The molecule has 0 spiro atoms. The summed E-state index contributed by atoms with van der Waals surface area (Å²) in [5, 5.41) is 3.17. The van der Waals surface area contributed by atoms with Crippen molar-refractivity contribution in [1.82, 2.24) is 10.2 Å². The summed E-state index contributed by atoms with van der Waals surface area (Å²) in [5.74, 6) is 1.30. The van der Waals surface area contributed by atoms with Crippen LogP contribution >= 0.6 is 11.8 Å². The van der Waals surface area contributed by atoms with Gasteiger partial charge in [-0.25, -0.2) is 0 Å². The van der Waals surface area contributed by atoms with Crippen LogP contribution in [0.4, 0.5) is 0 Å². The molecule has 2 aliphatic heterocycles. The van der Waals surface area contributed by atoms with E-state index in [9.17, 15) is 4.79 Å². The van der Waals surface area contributed by atoms with Gasteiger partial charge in [-0.2, -0.15) is 0 Å².